The Morgan fingerprint density at radius 1 is 1.33 bits per heavy atom. The van der Waals surface area contributed by atoms with Gasteiger partial charge in [0.25, 0.3) is 0 Å². The van der Waals surface area contributed by atoms with Crippen LogP contribution in [0.2, 0.25) is 0 Å². The van der Waals surface area contributed by atoms with Crippen molar-refractivity contribution in [2.24, 2.45) is 0 Å². The maximum absolute atomic E-state index is 11.7. The lowest BCUT2D eigenvalue weighted by Gasteiger charge is -2.39. The summed E-state index contributed by atoms with van der Waals surface area (Å²) in [6, 6.07) is 4.07. The van der Waals surface area contributed by atoms with E-state index in [1.54, 1.807) is 0 Å². The van der Waals surface area contributed by atoms with Crippen LogP contribution in [0.1, 0.15) is 24.8 Å². The van der Waals surface area contributed by atoms with Crippen molar-refractivity contribution in [3.8, 4) is 5.75 Å². The zero-order chi connectivity index (χ0) is 13.6. The molecule has 1 aliphatic carbocycles. The molecule has 1 saturated carbocycles. The molecule has 0 radical (unpaired) electrons. The molecule has 0 bridgehead atoms. The maximum atomic E-state index is 11.7. The minimum Gasteiger partial charge on any atom is -0.508 e. The van der Waals surface area contributed by atoms with E-state index in [-0.39, 0.29) is 16.2 Å². The second-order valence-electron chi connectivity index (χ2n) is 4.66. The van der Waals surface area contributed by atoms with Gasteiger partial charge in [0.15, 0.2) is 9.84 Å². The third kappa shape index (κ3) is 1.77. The van der Waals surface area contributed by atoms with Crippen LogP contribution in [0.4, 0.5) is 0 Å². The number of rotatable bonds is 3. The molecule has 0 atom stereocenters. The Kier molecular flexibility index (Phi) is 2.85. The van der Waals surface area contributed by atoms with Gasteiger partial charge in [-0.15, -0.1) is 0 Å². The van der Waals surface area contributed by atoms with Crippen LogP contribution in [0.25, 0.3) is 0 Å². The summed E-state index contributed by atoms with van der Waals surface area (Å²) in [5.41, 5.74) is -1.23. The Bertz CT molecular complexity index is 599. The highest BCUT2D eigenvalue weighted by Crippen LogP contribution is 2.49. The Balaban J connectivity index is 2.74. The molecule has 0 unspecified atom stereocenters. The van der Waals surface area contributed by atoms with Crippen molar-refractivity contribution in [2.45, 2.75) is 29.6 Å². The predicted octanol–water partition coefficient (Wildman–Crippen LogP) is 1.30. The fourth-order valence-electron chi connectivity index (χ4n) is 2.41. The van der Waals surface area contributed by atoms with E-state index in [1.807, 2.05) is 0 Å². The molecule has 6 heteroatoms. The standard InChI is InChI=1S/C12H14O5S/c1-18(16,17)9-5-2-4-8(13)10(9)12(11(14)15)6-3-7-12/h2,4-5,13H,3,6-7H2,1H3,(H,14,15). The van der Waals surface area contributed by atoms with Crippen molar-refractivity contribution in [1.29, 1.82) is 0 Å². The Morgan fingerprint density at radius 2 is 1.94 bits per heavy atom. The second-order valence-corrected chi connectivity index (χ2v) is 6.65. The monoisotopic (exact) mass is 270 g/mol. The number of aromatic hydroxyl groups is 1. The van der Waals surface area contributed by atoms with Crippen molar-refractivity contribution in [3.05, 3.63) is 23.8 Å². The third-order valence-electron chi connectivity index (χ3n) is 3.50. The molecule has 0 heterocycles. The zero-order valence-corrected chi connectivity index (χ0v) is 10.7. The topological polar surface area (TPSA) is 91.7 Å². The Morgan fingerprint density at radius 3 is 2.33 bits per heavy atom. The van der Waals surface area contributed by atoms with Crippen LogP contribution in [-0.2, 0) is 20.0 Å². The third-order valence-corrected chi connectivity index (χ3v) is 4.64. The number of carboxylic acid groups (broad SMARTS) is 1. The molecular weight excluding hydrogens is 256 g/mol. The van der Waals surface area contributed by atoms with Gasteiger partial charge < -0.3 is 10.2 Å². The van der Waals surface area contributed by atoms with Crippen LogP contribution >= 0.6 is 0 Å². The smallest absolute Gasteiger partial charge is 0.314 e. The van der Waals surface area contributed by atoms with Gasteiger partial charge in [0.1, 0.15) is 5.75 Å². The van der Waals surface area contributed by atoms with E-state index in [0.29, 0.717) is 19.3 Å². The van der Waals surface area contributed by atoms with Gasteiger partial charge >= 0.3 is 5.97 Å². The van der Waals surface area contributed by atoms with Crippen molar-refractivity contribution in [1.82, 2.24) is 0 Å². The quantitative estimate of drug-likeness (QED) is 0.863. The molecule has 0 aliphatic heterocycles. The number of benzene rings is 1. The minimum absolute atomic E-state index is 0.0336. The summed E-state index contributed by atoms with van der Waals surface area (Å²) in [5.74, 6) is -1.35. The molecule has 1 aliphatic rings. The van der Waals surface area contributed by atoms with E-state index in [2.05, 4.69) is 0 Å². The van der Waals surface area contributed by atoms with Crippen molar-refractivity contribution in [2.75, 3.05) is 6.26 Å². The van der Waals surface area contributed by atoms with E-state index >= 15 is 0 Å². The number of hydrogen-bond acceptors (Lipinski definition) is 4. The highest BCUT2D eigenvalue weighted by molar-refractivity contribution is 7.90. The summed E-state index contributed by atoms with van der Waals surface area (Å²) in [7, 11) is -3.57. The van der Waals surface area contributed by atoms with E-state index < -0.39 is 21.2 Å². The molecule has 0 spiro atoms. The molecule has 0 amide bonds. The number of carboxylic acids is 1. The summed E-state index contributed by atoms with van der Waals surface area (Å²) in [5, 5.41) is 19.2. The summed E-state index contributed by atoms with van der Waals surface area (Å²) in [6.45, 7) is 0. The van der Waals surface area contributed by atoms with E-state index in [0.717, 1.165) is 6.26 Å². The van der Waals surface area contributed by atoms with Crippen molar-refractivity contribution < 1.29 is 23.4 Å². The number of phenols is 1. The minimum atomic E-state index is -3.57. The molecule has 1 fully saturated rings. The Labute approximate surface area is 105 Å². The van der Waals surface area contributed by atoms with Gasteiger partial charge in [0, 0.05) is 11.8 Å². The molecule has 2 N–H and O–H groups in total. The predicted molar refractivity (Wildman–Crippen MR) is 64.4 cm³/mol. The lowest BCUT2D eigenvalue weighted by atomic mass is 9.64. The fourth-order valence-corrected chi connectivity index (χ4v) is 3.41. The fraction of sp³-hybridized carbons (Fsp3) is 0.417. The molecule has 18 heavy (non-hydrogen) atoms. The normalized spacial score (nSPS) is 18.1. The van der Waals surface area contributed by atoms with Gasteiger partial charge in [-0.3, -0.25) is 4.79 Å². The van der Waals surface area contributed by atoms with Gasteiger partial charge in [-0.2, -0.15) is 0 Å². The first-order chi connectivity index (χ1) is 8.29. The number of hydrogen-bond donors (Lipinski definition) is 2. The van der Waals surface area contributed by atoms with Crippen LogP contribution in [0.3, 0.4) is 0 Å². The van der Waals surface area contributed by atoms with Gasteiger partial charge in [-0.25, -0.2) is 8.42 Å². The summed E-state index contributed by atoms with van der Waals surface area (Å²) >= 11 is 0. The number of sulfone groups is 1. The molecular formula is C12H14O5S. The van der Waals surface area contributed by atoms with Crippen LogP contribution in [0, 0.1) is 0 Å². The summed E-state index contributed by atoms with van der Waals surface area (Å²) in [4.78, 5) is 11.3. The first-order valence-corrected chi connectivity index (χ1v) is 7.44. The second kappa shape index (κ2) is 3.98. The average molecular weight is 270 g/mol. The Hall–Kier alpha value is -1.56. The molecule has 1 aromatic carbocycles. The van der Waals surface area contributed by atoms with Gasteiger partial charge in [-0.1, -0.05) is 12.5 Å². The first kappa shape index (κ1) is 12.9. The molecule has 1 aromatic rings. The summed E-state index contributed by atoms with van der Waals surface area (Å²) in [6.07, 6.45) is 2.42. The molecule has 0 saturated heterocycles. The van der Waals surface area contributed by atoms with E-state index in [9.17, 15) is 23.4 Å². The lowest BCUT2D eigenvalue weighted by molar-refractivity contribution is -0.147. The van der Waals surface area contributed by atoms with Crippen molar-refractivity contribution in [3.63, 3.8) is 0 Å². The van der Waals surface area contributed by atoms with Gasteiger partial charge in [0.05, 0.1) is 10.3 Å². The van der Waals surface area contributed by atoms with Crippen LogP contribution in [0.5, 0.6) is 5.75 Å². The molecule has 2 rings (SSSR count). The van der Waals surface area contributed by atoms with Crippen LogP contribution in [-0.4, -0.2) is 30.9 Å². The van der Waals surface area contributed by atoms with Crippen LogP contribution in [0.15, 0.2) is 23.1 Å². The number of carbonyl (C=O) groups is 1. The van der Waals surface area contributed by atoms with E-state index in [4.69, 9.17) is 0 Å². The van der Waals surface area contributed by atoms with Crippen LogP contribution < -0.4 is 0 Å². The molecule has 98 valence electrons. The first-order valence-electron chi connectivity index (χ1n) is 5.55. The largest absolute Gasteiger partial charge is 0.508 e. The maximum Gasteiger partial charge on any atom is 0.314 e. The number of aliphatic carboxylic acids is 1. The highest BCUT2D eigenvalue weighted by atomic mass is 32.2. The van der Waals surface area contributed by atoms with Gasteiger partial charge in [-0.05, 0) is 25.0 Å². The lowest BCUT2D eigenvalue weighted by Crippen LogP contribution is -2.43. The molecule has 5 nitrogen and oxygen atoms in total. The molecule has 0 aromatic heterocycles. The highest BCUT2D eigenvalue weighted by Gasteiger charge is 2.49. The SMILES string of the molecule is CS(=O)(=O)c1cccc(O)c1C1(C(=O)O)CCC1. The summed E-state index contributed by atoms with van der Waals surface area (Å²) < 4.78 is 23.4. The number of phenolic OH excluding ortho intramolecular Hbond substituents is 1. The van der Waals surface area contributed by atoms with Crippen molar-refractivity contribution >= 4 is 15.8 Å². The van der Waals surface area contributed by atoms with Gasteiger partial charge in [0.2, 0.25) is 0 Å². The zero-order valence-electron chi connectivity index (χ0n) is 9.88. The van der Waals surface area contributed by atoms with E-state index in [1.165, 1.54) is 18.2 Å². The average Bonchev–Trinajstić information content (AvgIpc) is 2.16.